The maximum absolute atomic E-state index is 13.8. The highest BCUT2D eigenvalue weighted by Crippen LogP contribution is 2.25. The fourth-order valence-electron chi connectivity index (χ4n) is 3.01. The van der Waals surface area contributed by atoms with Crippen LogP contribution >= 0.6 is 0 Å². The number of aryl methyl sites for hydroxylation is 1. The first-order valence-electron chi connectivity index (χ1n) is 8.15. The Hall–Kier alpha value is -2.15. The van der Waals surface area contributed by atoms with E-state index in [1.54, 1.807) is 37.4 Å². The van der Waals surface area contributed by atoms with Crippen molar-refractivity contribution in [3.8, 4) is 11.3 Å². The van der Waals surface area contributed by atoms with E-state index in [4.69, 9.17) is 4.42 Å². The van der Waals surface area contributed by atoms with E-state index >= 15 is 0 Å². The molecule has 1 aliphatic rings. The van der Waals surface area contributed by atoms with Crippen molar-refractivity contribution in [2.24, 2.45) is 0 Å². The summed E-state index contributed by atoms with van der Waals surface area (Å²) in [4.78, 5) is 13.8. The number of amides is 1. The van der Waals surface area contributed by atoms with Gasteiger partial charge in [0.2, 0.25) is 5.91 Å². The van der Waals surface area contributed by atoms with E-state index in [0.717, 1.165) is 0 Å². The summed E-state index contributed by atoms with van der Waals surface area (Å²) < 4.78 is 42.5. The zero-order chi connectivity index (χ0) is 18.0. The number of hydrogen-bond acceptors (Lipinski definition) is 4. The summed E-state index contributed by atoms with van der Waals surface area (Å²) in [5.74, 6) is 0.717. The monoisotopic (exact) mass is 365 g/mol. The summed E-state index contributed by atoms with van der Waals surface area (Å²) in [7, 11) is -1.38. The zero-order valence-electron chi connectivity index (χ0n) is 13.9. The second-order valence-corrected chi connectivity index (χ2v) is 8.54. The number of sulfone groups is 1. The van der Waals surface area contributed by atoms with Gasteiger partial charge >= 0.3 is 0 Å². The molecule has 5 nitrogen and oxygen atoms in total. The molecule has 1 aromatic heterocycles. The highest BCUT2D eigenvalue weighted by Gasteiger charge is 2.32. The quantitative estimate of drug-likeness (QED) is 0.817. The summed E-state index contributed by atoms with van der Waals surface area (Å²) >= 11 is 0. The molecule has 1 unspecified atom stereocenters. The van der Waals surface area contributed by atoms with Crippen LogP contribution in [0.1, 0.15) is 18.6 Å². The van der Waals surface area contributed by atoms with Gasteiger partial charge in [0, 0.05) is 25.9 Å². The number of nitrogens with zero attached hydrogens (tertiary/aromatic N) is 1. The maximum Gasteiger partial charge on any atom is 0.223 e. The number of halogens is 1. The van der Waals surface area contributed by atoms with Gasteiger partial charge in [-0.05, 0) is 30.7 Å². The fraction of sp³-hybridized carbons (Fsp3) is 0.389. The van der Waals surface area contributed by atoms with Crippen LogP contribution in [0.2, 0.25) is 0 Å². The molecule has 0 bridgehead atoms. The van der Waals surface area contributed by atoms with Gasteiger partial charge in [-0.15, -0.1) is 0 Å². The first-order valence-corrected chi connectivity index (χ1v) is 9.97. The predicted molar refractivity (Wildman–Crippen MR) is 92.3 cm³/mol. The van der Waals surface area contributed by atoms with E-state index < -0.39 is 9.84 Å². The molecule has 0 N–H and O–H groups in total. The number of benzene rings is 1. The van der Waals surface area contributed by atoms with Gasteiger partial charge in [-0.3, -0.25) is 4.79 Å². The number of furan rings is 1. The zero-order valence-corrected chi connectivity index (χ0v) is 14.8. The Labute approximate surface area is 146 Å². The first kappa shape index (κ1) is 17.7. The molecular formula is C18H20FNO4S. The second kappa shape index (κ2) is 7.00. The van der Waals surface area contributed by atoms with Gasteiger partial charge in [-0.25, -0.2) is 12.8 Å². The third-order valence-corrected chi connectivity index (χ3v) is 6.29. The number of rotatable bonds is 5. The van der Waals surface area contributed by atoms with Crippen LogP contribution in [0.5, 0.6) is 0 Å². The van der Waals surface area contributed by atoms with Crippen LogP contribution in [0.15, 0.2) is 40.8 Å². The molecule has 1 amide bonds. The Kier molecular flexibility index (Phi) is 4.94. The predicted octanol–water partition coefficient (Wildman–Crippen LogP) is 2.66. The highest BCUT2D eigenvalue weighted by molar-refractivity contribution is 7.91. The van der Waals surface area contributed by atoms with Gasteiger partial charge in [-0.2, -0.15) is 0 Å². The van der Waals surface area contributed by atoms with E-state index in [0.29, 0.717) is 29.9 Å². The maximum atomic E-state index is 13.8. The second-order valence-electron chi connectivity index (χ2n) is 6.31. The topological polar surface area (TPSA) is 67.6 Å². The molecule has 25 heavy (non-hydrogen) atoms. The van der Waals surface area contributed by atoms with Crippen molar-refractivity contribution < 1.29 is 22.0 Å². The van der Waals surface area contributed by atoms with Crippen LogP contribution < -0.4 is 0 Å². The van der Waals surface area contributed by atoms with Crippen LogP contribution in [-0.2, 0) is 21.1 Å². The summed E-state index contributed by atoms with van der Waals surface area (Å²) in [6.45, 7) is 0. The average molecular weight is 365 g/mol. The average Bonchev–Trinajstić information content (AvgIpc) is 3.18. The highest BCUT2D eigenvalue weighted by atomic mass is 32.2. The van der Waals surface area contributed by atoms with E-state index in [-0.39, 0.29) is 35.7 Å². The molecule has 0 saturated carbocycles. The standard InChI is InChI=1S/C18H20FNO4S/c1-20(13-10-11-25(22,23)12-13)18(21)9-7-14-6-8-17(24-14)15-4-2-3-5-16(15)19/h2-6,8,13H,7,9-12H2,1H3. The molecule has 1 atom stereocenters. The summed E-state index contributed by atoms with van der Waals surface area (Å²) in [5.41, 5.74) is 0.383. The van der Waals surface area contributed by atoms with Crippen LogP contribution in [0, 0.1) is 5.82 Å². The lowest BCUT2D eigenvalue weighted by molar-refractivity contribution is -0.131. The van der Waals surface area contributed by atoms with Crippen LogP contribution in [0.25, 0.3) is 11.3 Å². The van der Waals surface area contributed by atoms with Crippen LogP contribution in [-0.4, -0.2) is 43.8 Å². The molecular weight excluding hydrogens is 345 g/mol. The van der Waals surface area contributed by atoms with Gasteiger partial charge in [0.15, 0.2) is 9.84 Å². The molecule has 1 fully saturated rings. The van der Waals surface area contributed by atoms with Gasteiger partial charge in [0.05, 0.1) is 17.1 Å². The Morgan fingerprint density at radius 2 is 2.04 bits per heavy atom. The molecule has 0 radical (unpaired) electrons. The SMILES string of the molecule is CN(C(=O)CCc1ccc(-c2ccccc2F)o1)C1CCS(=O)(=O)C1. The van der Waals surface area contributed by atoms with Crippen LogP contribution in [0.3, 0.4) is 0 Å². The molecule has 7 heteroatoms. The molecule has 134 valence electrons. The molecule has 1 aromatic carbocycles. The lowest BCUT2D eigenvalue weighted by atomic mass is 10.1. The molecule has 1 saturated heterocycles. The smallest absolute Gasteiger partial charge is 0.223 e. The molecule has 0 spiro atoms. The minimum atomic E-state index is -3.02. The number of hydrogen-bond donors (Lipinski definition) is 0. The third kappa shape index (κ3) is 4.10. The Morgan fingerprint density at radius 3 is 2.72 bits per heavy atom. The van der Waals surface area contributed by atoms with Crippen molar-refractivity contribution in [2.75, 3.05) is 18.6 Å². The van der Waals surface area contributed by atoms with Crippen molar-refractivity contribution in [3.05, 3.63) is 48.0 Å². The number of carbonyl (C=O) groups excluding carboxylic acids is 1. The molecule has 2 aromatic rings. The van der Waals surface area contributed by atoms with Crippen LogP contribution in [0.4, 0.5) is 4.39 Å². The third-order valence-electron chi connectivity index (χ3n) is 4.54. The number of carbonyl (C=O) groups is 1. The Morgan fingerprint density at radius 1 is 1.28 bits per heavy atom. The van der Waals surface area contributed by atoms with Crippen molar-refractivity contribution in [1.29, 1.82) is 0 Å². The van der Waals surface area contributed by atoms with Crippen molar-refractivity contribution in [3.63, 3.8) is 0 Å². The Bertz CT molecular complexity index is 875. The largest absolute Gasteiger partial charge is 0.461 e. The van der Waals surface area contributed by atoms with Crippen molar-refractivity contribution >= 4 is 15.7 Å². The minimum Gasteiger partial charge on any atom is -0.461 e. The molecule has 3 rings (SSSR count). The van der Waals surface area contributed by atoms with Crippen molar-refractivity contribution in [2.45, 2.75) is 25.3 Å². The first-order chi connectivity index (χ1) is 11.9. The Balaban J connectivity index is 1.59. The lowest BCUT2D eigenvalue weighted by Gasteiger charge is -2.23. The molecule has 0 aliphatic carbocycles. The molecule has 1 aliphatic heterocycles. The van der Waals surface area contributed by atoms with E-state index in [1.165, 1.54) is 11.0 Å². The minimum absolute atomic E-state index is 0.0351. The normalized spacial score (nSPS) is 19.0. The van der Waals surface area contributed by atoms with Gasteiger partial charge in [-0.1, -0.05) is 12.1 Å². The lowest BCUT2D eigenvalue weighted by Crippen LogP contribution is -2.37. The molecule has 2 heterocycles. The van der Waals surface area contributed by atoms with Crippen molar-refractivity contribution in [1.82, 2.24) is 4.90 Å². The van der Waals surface area contributed by atoms with E-state index in [1.807, 2.05) is 0 Å². The van der Waals surface area contributed by atoms with Gasteiger partial charge in [0.25, 0.3) is 0 Å². The van der Waals surface area contributed by atoms with E-state index in [9.17, 15) is 17.6 Å². The van der Waals surface area contributed by atoms with Gasteiger partial charge < -0.3 is 9.32 Å². The van der Waals surface area contributed by atoms with E-state index in [2.05, 4.69) is 0 Å². The summed E-state index contributed by atoms with van der Waals surface area (Å²) in [5, 5.41) is 0. The fourth-order valence-corrected chi connectivity index (χ4v) is 4.78. The van der Waals surface area contributed by atoms with Gasteiger partial charge in [0.1, 0.15) is 17.3 Å². The summed E-state index contributed by atoms with van der Waals surface area (Å²) in [6.07, 6.45) is 1.09. The summed E-state index contributed by atoms with van der Waals surface area (Å²) in [6, 6.07) is 9.52.